The number of fused-ring (bicyclic) bond motifs is 3. The second kappa shape index (κ2) is 8.38. The Morgan fingerprint density at radius 1 is 1.06 bits per heavy atom. The van der Waals surface area contributed by atoms with Gasteiger partial charge in [0.2, 0.25) is 5.88 Å². The molecular formula is C26H18ClN3O3. The number of ether oxygens (including phenoxy) is 2. The number of nitriles is 1. The number of para-hydroxylation sites is 1. The Labute approximate surface area is 194 Å². The zero-order valence-electron chi connectivity index (χ0n) is 17.3. The maximum Gasteiger partial charge on any atom is 0.256 e. The quantitative estimate of drug-likeness (QED) is 0.452. The normalized spacial score (nSPS) is 15.0. The number of nitrogens with one attached hydrogen (secondary N) is 1. The number of hydrogen-bond donors (Lipinski definition) is 2. The van der Waals surface area contributed by atoms with Crippen LogP contribution in [0.1, 0.15) is 22.6 Å². The van der Waals surface area contributed by atoms with Crippen molar-refractivity contribution < 1.29 is 9.47 Å². The maximum atomic E-state index is 13.0. The van der Waals surface area contributed by atoms with Gasteiger partial charge < -0.3 is 20.2 Å². The zero-order valence-corrected chi connectivity index (χ0v) is 18.1. The molecule has 0 saturated carbocycles. The summed E-state index contributed by atoms with van der Waals surface area (Å²) in [6, 6.07) is 24.1. The fourth-order valence-corrected chi connectivity index (χ4v) is 4.23. The molecule has 0 amide bonds. The number of halogens is 1. The third-order valence-corrected chi connectivity index (χ3v) is 6.02. The van der Waals surface area contributed by atoms with Gasteiger partial charge in [-0.1, -0.05) is 54.1 Å². The van der Waals surface area contributed by atoms with Crippen LogP contribution in [0.2, 0.25) is 5.02 Å². The first-order valence-corrected chi connectivity index (χ1v) is 10.6. The molecule has 1 unspecified atom stereocenters. The topological polar surface area (TPSA) is 101 Å². The van der Waals surface area contributed by atoms with Crippen molar-refractivity contribution in [2.24, 2.45) is 5.73 Å². The molecule has 6 nitrogen and oxygen atoms in total. The highest BCUT2D eigenvalue weighted by atomic mass is 35.5. The van der Waals surface area contributed by atoms with Crippen LogP contribution in [0.5, 0.6) is 11.5 Å². The molecule has 3 N–H and O–H groups in total. The highest BCUT2D eigenvalue weighted by Gasteiger charge is 2.34. The summed E-state index contributed by atoms with van der Waals surface area (Å²) in [5, 5.41) is 11.2. The molecular weight excluding hydrogens is 438 g/mol. The molecule has 4 aromatic rings. The van der Waals surface area contributed by atoms with E-state index in [1.165, 1.54) is 0 Å². The number of aromatic nitrogens is 1. The second-order valence-electron chi connectivity index (χ2n) is 7.62. The fraction of sp³-hybridized carbons (Fsp3) is 0.0769. The number of aromatic amines is 1. The molecule has 3 aromatic carbocycles. The molecule has 0 bridgehead atoms. The van der Waals surface area contributed by atoms with E-state index in [2.05, 4.69) is 11.1 Å². The molecule has 1 aliphatic heterocycles. The molecule has 162 valence electrons. The van der Waals surface area contributed by atoms with Gasteiger partial charge in [0.25, 0.3) is 5.56 Å². The van der Waals surface area contributed by atoms with Gasteiger partial charge in [-0.05, 0) is 35.9 Å². The largest absolute Gasteiger partial charge is 0.489 e. The summed E-state index contributed by atoms with van der Waals surface area (Å²) in [7, 11) is 0. The smallest absolute Gasteiger partial charge is 0.256 e. The van der Waals surface area contributed by atoms with Crippen LogP contribution in [0.3, 0.4) is 0 Å². The average molecular weight is 456 g/mol. The number of rotatable bonds is 4. The summed E-state index contributed by atoms with van der Waals surface area (Å²) in [5.41, 5.74) is 8.57. The van der Waals surface area contributed by atoms with Crippen molar-refractivity contribution in [3.05, 3.63) is 116 Å². The predicted octanol–water partition coefficient (Wildman–Crippen LogP) is 4.98. The van der Waals surface area contributed by atoms with Crippen LogP contribution in [0.15, 0.2) is 89.0 Å². The standard InChI is InChI=1S/C26H18ClN3O3/c27-20-7-3-1-5-16(20)14-32-17-11-9-15(10-12-17)22-19(13-28)25(29)33-24-18-6-2-4-8-21(18)30-26(31)23(22)24/h1-12,22H,14,29H2,(H,30,31). The summed E-state index contributed by atoms with van der Waals surface area (Å²) in [5.74, 6) is 0.332. The van der Waals surface area contributed by atoms with Crippen LogP contribution >= 0.6 is 11.6 Å². The molecule has 33 heavy (non-hydrogen) atoms. The van der Waals surface area contributed by atoms with E-state index in [-0.39, 0.29) is 17.0 Å². The van der Waals surface area contributed by atoms with Gasteiger partial charge in [0.1, 0.15) is 29.7 Å². The monoisotopic (exact) mass is 455 g/mol. The lowest BCUT2D eigenvalue weighted by Gasteiger charge is -2.26. The lowest BCUT2D eigenvalue weighted by molar-refractivity contribution is 0.306. The number of hydrogen-bond acceptors (Lipinski definition) is 5. The highest BCUT2D eigenvalue weighted by Crippen LogP contribution is 2.43. The van der Waals surface area contributed by atoms with E-state index >= 15 is 0 Å². The summed E-state index contributed by atoms with van der Waals surface area (Å²) < 4.78 is 11.6. The Morgan fingerprint density at radius 3 is 2.55 bits per heavy atom. The van der Waals surface area contributed by atoms with Crippen molar-refractivity contribution >= 4 is 22.5 Å². The lowest BCUT2D eigenvalue weighted by Crippen LogP contribution is -2.27. The van der Waals surface area contributed by atoms with Gasteiger partial charge in [0.15, 0.2) is 0 Å². The molecule has 5 rings (SSSR count). The van der Waals surface area contributed by atoms with Gasteiger partial charge in [-0.3, -0.25) is 4.79 Å². The molecule has 2 heterocycles. The minimum Gasteiger partial charge on any atom is -0.489 e. The Bertz CT molecular complexity index is 1500. The van der Waals surface area contributed by atoms with E-state index in [0.717, 1.165) is 16.5 Å². The van der Waals surface area contributed by atoms with Crippen molar-refractivity contribution in [3.63, 3.8) is 0 Å². The highest BCUT2D eigenvalue weighted by molar-refractivity contribution is 6.31. The predicted molar refractivity (Wildman–Crippen MR) is 126 cm³/mol. The summed E-state index contributed by atoms with van der Waals surface area (Å²) in [6.07, 6.45) is 0. The SMILES string of the molecule is N#CC1=C(N)Oc2c(c(=O)[nH]c3ccccc23)C1c1ccc(OCc2ccccc2Cl)cc1. The van der Waals surface area contributed by atoms with Crippen LogP contribution in [0, 0.1) is 11.3 Å². The Balaban J connectivity index is 1.53. The van der Waals surface area contributed by atoms with Crippen molar-refractivity contribution in [2.75, 3.05) is 0 Å². The van der Waals surface area contributed by atoms with Gasteiger partial charge in [0, 0.05) is 16.0 Å². The van der Waals surface area contributed by atoms with E-state index in [1.807, 2.05) is 54.6 Å². The van der Waals surface area contributed by atoms with Crippen LogP contribution < -0.4 is 20.8 Å². The first-order valence-electron chi connectivity index (χ1n) is 10.3. The van der Waals surface area contributed by atoms with Crippen LogP contribution in [-0.2, 0) is 6.61 Å². The Kier molecular flexibility index (Phi) is 5.25. The molecule has 1 atom stereocenters. The molecule has 0 spiro atoms. The fourth-order valence-electron chi connectivity index (χ4n) is 4.04. The Hall–Kier alpha value is -4.21. The molecule has 0 fully saturated rings. The Morgan fingerprint density at radius 2 is 1.79 bits per heavy atom. The van der Waals surface area contributed by atoms with E-state index in [9.17, 15) is 10.1 Å². The van der Waals surface area contributed by atoms with Gasteiger partial charge in [-0.15, -0.1) is 0 Å². The number of H-pyrrole nitrogens is 1. The molecule has 1 aliphatic rings. The number of pyridine rings is 1. The average Bonchev–Trinajstić information content (AvgIpc) is 2.83. The van der Waals surface area contributed by atoms with Gasteiger partial charge in [0.05, 0.1) is 17.0 Å². The van der Waals surface area contributed by atoms with E-state index in [4.69, 9.17) is 26.8 Å². The van der Waals surface area contributed by atoms with Crippen molar-refractivity contribution in [1.82, 2.24) is 4.98 Å². The zero-order chi connectivity index (χ0) is 22.9. The minimum atomic E-state index is -0.662. The van der Waals surface area contributed by atoms with Crippen molar-refractivity contribution in [2.45, 2.75) is 12.5 Å². The summed E-state index contributed by atoms with van der Waals surface area (Å²) >= 11 is 6.20. The van der Waals surface area contributed by atoms with Crippen LogP contribution in [-0.4, -0.2) is 4.98 Å². The first-order chi connectivity index (χ1) is 16.1. The minimum absolute atomic E-state index is 0.00945. The maximum absolute atomic E-state index is 13.0. The van der Waals surface area contributed by atoms with Gasteiger partial charge in [-0.2, -0.15) is 5.26 Å². The number of nitrogens with two attached hydrogens (primary N) is 1. The lowest BCUT2D eigenvalue weighted by atomic mass is 9.83. The molecule has 7 heteroatoms. The van der Waals surface area contributed by atoms with Crippen molar-refractivity contribution in [3.8, 4) is 17.6 Å². The van der Waals surface area contributed by atoms with E-state index in [0.29, 0.717) is 34.2 Å². The van der Waals surface area contributed by atoms with E-state index in [1.54, 1.807) is 18.2 Å². The molecule has 0 aliphatic carbocycles. The second-order valence-corrected chi connectivity index (χ2v) is 8.02. The van der Waals surface area contributed by atoms with Crippen LogP contribution in [0.25, 0.3) is 10.9 Å². The summed E-state index contributed by atoms with van der Waals surface area (Å²) in [4.78, 5) is 15.9. The van der Waals surface area contributed by atoms with Gasteiger partial charge >= 0.3 is 0 Å². The number of allylic oxidation sites excluding steroid dienone is 1. The molecule has 0 saturated heterocycles. The third kappa shape index (κ3) is 3.69. The van der Waals surface area contributed by atoms with Crippen molar-refractivity contribution in [1.29, 1.82) is 5.26 Å². The van der Waals surface area contributed by atoms with Crippen LogP contribution in [0.4, 0.5) is 0 Å². The van der Waals surface area contributed by atoms with E-state index < -0.39 is 5.92 Å². The number of benzene rings is 3. The third-order valence-electron chi connectivity index (χ3n) is 5.65. The molecule has 0 radical (unpaired) electrons. The first kappa shape index (κ1) is 20.7. The summed E-state index contributed by atoms with van der Waals surface area (Å²) in [6.45, 7) is 0.321. The van der Waals surface area contributed by atoms with Gasteiger partial charge in [-0.25, -0.2) is 0 Å². The molecule has 1 aromatic heterocycles. The number of nitrogens with zero attached hydrogens (tertiary/aromatic N) is 1.